The topological polar surface area (TPSA) is 49.3 Å². The summed E-state index contributed by atoms with van der Waals surface area (Å²) in [5.74, 6) is -0.260. The minimum atomic E-state index is -0.939. The zero-order chi connectivity index (χ0) is 15.6. The Kier molecular flexibility index (Phi) is 4.64. The summed E-state index contributed by atoms with van der Waals surface area (Å²) in [6, 6.07) is 6.35. The lowest BCUT2D eigenvalue weighted by Crippen LogP contribution is -2.41. The molecule has 0 aliphatic carbocycles. The number of hydrogen-bond acceptors (Lipinski definition) is 3. The standard InChI is InChI=1S/C16H20FNO2S/c1-10(2)8-16(3,20)9-18-15(19)14-7-11-12(17)5-4-6-13(11)21-14/h4-7,10,20H,8-9H2,1-3H3,(H,18,19). The van der Waals surface area contributed by atoms with Gasteiger partial charge in [-0.05, 0) is 37.5 Å². The summed E-state index contributed by atoms with van der Waals surface area (Å²) >= 11 is 1.25. The molecule has 1 unspecified atom stereocenters. The molecule has 0 saturated carbocycles. The monoisotopic (exact) mass is 309 g/mol. The van der Waals surface area contributed by atoms with Gasteiger partial charge in [0.15, 0.2) is 0 Å². The summed E-state index contributed by atoms with van der Waals surface area (Å²) in [6.07, 6.45) is 0.605. The molecule has 0 saturated heterocycles. The molecule has 1 aromatic heterocycles. The van der Waals surface area contributed by atoms with E-state index in [4.69, 9.17) is 0 Å². The molecule has 0 radical (unpaired) electrons. The van der Waals surface area contributed by atoms with Crippen molar-refractivity contribution in [3.05, 3.63) is 35.0 Å². The van der Waals surface area contributed by atoms with E-state index < -0.39 is 5.60 Å². The van der Waals surface area contributed by atoms with E-state index in [1.165, 1.54) is 17.4 Å². The number of aliphatic hydroxyl groups is 1. The Hall–Kier alpha value is -1.46. The fourth-order valence-corrected chi connectivity index (χ4v) is 3.44. The first kappa shape index (κ1) is 15.9. The van der Waals surface area contributed by atoms with Gasteiger partial charge in [-0.25, -0.2) is 4.39 Å². The second-order valence-electron chi connectivity index (χ2n) is 6.04. The lowest BCUT2D eigenvalue weighted by atomic mass is 9.94. The summed E-state index contributed by atoms with van der Waals surface area (Å²) in [6.45, 7) is 5.93. The molecule has 3 nitrogen and oxygen atoms in total. The first-order valence-electron chi connectivity index (χ1n) is 6.97. The van der Waals surface area contributed by atoms with Crippen molar-refractivity contribution in [2.75, 3.05) is 6.54 Å². The Labute approximate surface area is 127 Å². The van der Waals surface area contributed by atoms with Crippen molar-refractivity contribution in [3.63, 3.8) is 0 Å². The van der Waals surface area contributed by atoms with Gasteiger partial charge >= 0.3 is 0 Å². The minimum Gasteiger partial charge on any atom is -0.388 e. The fraction of sp³-hybridized carbons (Fsp3) is 0.438. The third-order valence-electron chi connectivity index (χ3n) is 3.21. The Bertz CT molecular complexity index is 649. The van der Waals surface area contributed by atoms with Crippen molar-refractivity contribution in [2.24, 2.45) is 5.92 Å². The quantitative estimate of drug-likeness (QED) is 0.887. The van der Waals surface area contributed by atoms with Crippen molar-refractivity contribution in [1.29, 1.82) is 0 Å². The first-order valence-corrected chi connectivity index (χ1v) is 7.79. The number of amides is 1. The third kappa shape index (κ3) is 4.02. The van der Waals surface area contributed by atoms with Crippen molar-refractivity contribution >= 4 is 27.3 Å². The smallest absolute Gasteiger partial charge is 0.261 e. The van der Waals surface area contributed by atoms with Gasteiger partial charge in [0, 0.05) is 16.6 Å². The largest absolute Gasteiger partial charge is 0.388 e. The Balaban J connectivity index is 2.07. The number of carbonyl (C=O) groups excluding carboxylic acids is 1. The average molecular weight is 309 g/mol. The van der Waals surface area contributed by atoms with Crippen LogP contribution in [0.2, 0.25) is 0 Å². The van der Waals surface area contributed by atoms with Crippen molar-refractivity contribution < 1.29 is 14.3 Å². The van der Waals surface area contributed by atoms with Crippen molar-refractivity contribution in [3.8, 4) is 0 Å². The summed E-state index contributed by atoms with van der Waals surface area (Å²) in [5, 5.41) is 13.4. The third-order valence-corrected chi connectivity index (χ3v) is 4.31. The van der Waals surface area contributed by atoms with E-state index >= 15 is 0 Å². The fourth-order valence-electron chi connectivity index (χ4n) is 2.45. The molecular weight excluding hydrogens is 289 g/mol. The van der Waals surface area contributed by atoms with Crippen LogP contribution in [-0.2, 0) is 0 Å². The van der Waals surface area contributed by atoms with Gasteiger partial charge in [-0.15, -0.1) is 11.3 Å². The van der Waals surface area contributed by atoms with Gasteiger partial charge in [-0.1, -0.05) is 19.9 Å². The van der Waals surface area contributed by atoms with Gasteiger partial charge in [-0.2, -0.15) is 0 Å². The molecular formula is C16H20FNO2S. The van der Waals surface area contributed by atoms with Crippen LogP contribution >= 0.6 is 11.3 Å². The molecule has 0 bridgehead atoms. The molecule has 1 aromatic carbocycles. The molecule has 0 spiro atoms. The van der Waals surface area contributed by atoms with Crippen LogP contribution in [0.1, 0.15) is 36.9 Å². The Morgan fingerprint density at radius 1 is 1.48 bits per heavy atom. The van der Waals surface area contributed by atoms with E-state index in [1.807, 2.05) is 13.8 Å². The zero-order valence-electron chi connectivity index (χ0n) is 12.4. The molecule has 5 heteroatoms. The molecule has 2 N–H and O–H groups in total. The van der Waals surface area contributed by atoms with E-state index in [0.29, 0.717) is 22.6 Å². The molecule has 0 fully saturated rings. The molecule has 0 aliphatic rings. The normalized spacial score (nSPS) is 14.4. The predicted octanol–water partition coefficient (Wildman–Crippen LogP) is 3.57. The van der Waals surface area contributed by atoms with Crippen LogP contribution in [0.25, 0.3) is 10.1 Å². The molecule has 21 heavy (non-hydrogen) atoms. The molecule has 1 amide bonds. The minimum absolute atomic E-state index is 0.181. The maximum Gasteiger partial charge on any atom is 0.261 e. The number of nitrogens with one attached hydrogen (secondary N) is 1. The molecule has 2 rings (SSSR count). The van der Waals surface area contributed by atoms with Gasteiger partial charge < -0.3 is 10.4 Å². The highest BCUT2D eigenvalue weighted by atomic mass is 32.1. The highest BCUT2D eigenvalue weighted by Gasteiger charge is 2.23. The van der Waals surface area contributed by atoms with Gasteiger partial charge in [0.05, 0.1) is 10.5 Å². The Morgan fingerprint density at radius 2 is 2.19 bits per heavy atom. The molecule has 114 valence electrons. The number of benzene rings is 1. The number of carbonyl (C=O) groups is 1. The summed E-state index contributed by atoms with van der Waals surface area (Å²) < 4.78 is 14.4. The predicted molar refractivity (Wildman–Crippen MR) is 84.2 cm³/mol. The SMILES string of the molecule is CC(C)CC(C)(O)CNC(=O)c1cc2c(F)cccc2s1. The second kappa shape index (κ2) is 6.12. The lowest BCUT2D eigenvalue weighted by molar-refractivity contribution is 0.0369. The van der Waals surface area contributed by atoms with E-state index in [9.17, 15) is 14.3 Å². The molecule has 1 heterocycles. The molecule has 2 aromatic rings. The van der Waals surface area contributed by atoms with Crippen molar-refractivity contribution in [1.82, 2.24) is 5.32 Å². The average Bonchev–Trinajstić information content (AvgIpc) is 2.80. The number of thiophene rings is 1. The second-order valence-corrected chi connectivity index (χ2v) is 7.12. The molecule has 1 atom stereocenters. The summed E-state index contributed by atoms with van der Waals surface area (Å²) in [5.41, 5.74) is -0.939. The summed E-state index contributed by atoms with van der Waals surface area (Å²) in [4.78, 5) is 12.6. The zero-order valence-corrected chi connectivity index (χ0v) is 13.3. The number of hydrogen-bond donors (Lipinski definition) is 2. The van der Waals surface area contributed by atoms with Gasteiger partial charge in [0.1, 0.15) is 5.82 Å². The number of rotatable bonds is 5. The van der Waals surface area contributed by atoms with Crippen LogP contribution in [0, 0.1) is 11.7 Å². The lowest BCUT2D eigenvalue weighted by Gasteiger charge is -2.25. The van der Waals surface area contributed by atoms with Crippen LogP contribution in [0.15, 0.2) is 24.3 Å². The Morgan fingerprint density at radius 3 is 2.81 bits per heavy atom. The number of halogens is 1. The van der Waals surface area contributed by atoms with Gasteiger partial charge in [0.25, 0.3) is 5.91 Å². The van der Waals surface area contributed by atoms with Crippen LogP contribution in [-0.4, -0.2) is 23.2 Å². The van der Waals surface area contributed by atoms with Crippen LogP contribution in [0.3, 0.4) is 0 Å². The molecule has 0 aliphatic heterocycles. The van der Waals surface area contributed by atoms with Gasteiger partial charge in [-0.3, -0.25) is 4.79 Å². The van der Waals surface area contributed by atoms with Crippen LogP contribution in [0.5, 0.6) is 0 Å². The maximum absolute atomic E-state index is 13.6. The van der Waals surface area contributed by atoms with E-state index in [0.717, 1.165) is 4.70 Å². The highest BCUT2D eigenvalue weighted by Crippen LogP contribution is 2.27. The first-order chi connectivity index (χ1) is 9.78. The van der Waals surface area contributed by atoms with Crippen molar-refractivity contribution in [2.45, 2.75) is 32.8 Å². The van der Waals surface area contributed by atoms with Crippen LogP contribution < -0.4 is 5.32 Å². The van der Waals surface area contributed by atoms with Crippen LogP contribution in [0.4, 0.5) is 4.39 Å². The van der Waals surface area contributed by atoms with E-state index in [2.05, 4.69) is 5.32 Å². The van der Waals surface area contributed by atoms with E-state index in [-0.39, 0.29) is 18.3 Å². The summed E-state index contributed by atoms with van der Waals surface area (Å²) in [7, 11) is 0. The van der Waals surface area contributed by atoms with Gasteiger partial charge in [0.2, 0.25) is 0 Å². The maximum atomic E-state index is 13.6. The van der Waals surface area contributed by atoms with E-state index in [1.54, 1.807) is 25.1 Å². The number of fused-ring (bicyclic) bond motifs is 1. The highest BCUT2D eigenvalue weighted by molar-refractivity contribution is 7.20.